The Morgan fingerprint density at radius 3 is 2.62 bits per heavy atom. The van der Waals surface area contributed by atoms with Gasteiger partial charge >= 0.3 is 11.9 Å². The number of carbonyl (C=O) groups excluding carboxylic acids is 1. The van der Waals surface area contributed by atoms with Crippen molar-refractivity contribution in [3.8, 4) is 6.07 Å². The van der Waals surface area contributed by atoms with E-state index in [1.54, 1.807) is 4.90 Å². The molecule has 6 heteroatoms. The van der Waals surface area contributed by atoms with Gasteiger partial charge in [0, 0.05) is 19.9 Å². The molecule has 0 aliphatic rings. The molecule has 0 aromatic heterocycles. The summed E-state index contributed by atoms with van der Waals surface area (Å²) in [5.74, 6) is -1.21. The van der Waals surface area contributed by atoms with E-state index in [4.69, 9.17) is 15.1 Å². The SMILES string of the molecule is CC(=O)OCCN(CC#N)CCCC(=O)O. The minimum absolute atomic E-state index is 0.0789. The molecule has 0 aromatic rings. The van der Waals surface area contributed by atoms with Gasteiger partial charge in [-0.1, -0.05) is 0 Å². The second kappa shape index (κ2) is 8.68. The molecule has 0 spiro atoms. The lowest BCUT2D eigenvalue weighted by atomic mass is 10.3. The molecule has 0 bridgehead atoms. The number of carbonyl (C=O) groups is 2. The first-order chi connectivity index (χ1) is 7.56. The summed E-state index contributed by atoms with van der Waals surface area (Å²) < 4.78 is 4.74. The quantitative estimate of drug-likeness (QED) is 0.472. The third-order valence-corrected chi connectivity index (χ3v) is 1.87. The number of carboxylic acid groups (broad SMARTS) is 1. The van der Waals surface area contributed by atoms with Crippen LogP contribution in [-0.2, 0) is 14.3 Å². The number of nitrogens with zero attached hydrogens (tertiary/aromatic N) is 2. The summed E-state index contributed by atoms with van der Waals surface area (Å²) in [5, 5.41) is 17.0. The van der Waals surface area contributed by atoms with E-state index < -0.39 is 5.97 Å². The van der Waals surface area contributed by atoms with Gasteiger partial charge in [-0.25, -0.2) is 0 Å². The molecule has 1 N–H and O–H groups in total. The second-order valence-corrected chi connectivity index (χ2v) is 3.27. The van der Waals surface area contributed by atoms with E-state index >= 15 is 0 Å². The Hall–Kier alpha value is -1.61. The zero-order valence-corrected chi connectivity index (χ0v) is 9.31. The van der Waals surface area contributed by atoms with Gasteiger partial charge in [-0.15, -0.1) is 0 Å². The average Bonchev–Trinajstić information content (AvgIpc) is 2.16. The van der Waals surface area contributed by atoms with Gasteiger partial charge in [-0.2, -0.15) is 5.26 Å². The van der Waals surface area contributed by atoms with E-state index in [1.807, 2.05) is 6.07 Å². The van der Waals surface area contributed by atoms with Crippen LogP contribution in [0.25, 0.3) is 0 Å². The number of carboxylic acids is 1. The lowest BCUT2D eigenvalue weighted by molar-refractivity contribution is -0.141. The lowest BCUT2D eigenvalue weighted by Gasteiger charge is -2.17. The summed E-state index contributed by atoms with van der Waals surface area (Å²) in [6, 6.07) is 1.98. The van der Waals surface area contributed by atoms with Crippen molar-refractivity contribution in [2.24, 2.45) is 0 Å². The summed E-state index contributed by atoms with van der Waals surface area (Å²) in [6.07, 6.45) is 0.562. The third kappa shape index (κ3) is 8.97. The van der Waals surface area contributed by atoms with Crippen LogP contribution in [0, 0.1) is 11.3 Å². The number of hydrogen-bond donors (Lipinski definition) is 1. The Bertz CT molecular complexity index is 252. The molecule has 0 fully saturated rings. The number of aliphatic carboxylic acids is 1. The van der Waals surface area contributed by atoms with Crippen molar-refractivity contribution in [1.82, 2.24) is 4.90 Å². The average molecular weight is 228 g/mol. The zero-order chi connectivity index (χ0) is 12.4. The molecular formula is C10H16N2O4. The van der Waals surface area contributed by atoms with Gasteiger partial charge in [0.1, 0.15) is 6.61 Å². The maximum Gasteiger partial charge on any atom is 0.303 e. The largest absolute Gasteiger partial charge is 0.481 e. The smallest absolute Gasteiger partial charge is 0.303 e. The van der Waals surface area contributed by atoms with Gasteiger partial charge in [-0.05, 0) is 13.0 Å². The van der Waals surface area contributed by atoms with E-state index in [1.165, 1.54) is 6.92 Å². The van der Waals surface area contributed by atoms with E-state index in [-0.39, 0.29) is 25.5 Å². The number of ether oxygens (including phenoxy) is 1. The van der Waals surface area contributed by atoms with Crippen LogP contribution in [0.1, 0.15) is 19.8 Å². The fourth-order valence-corrected chi connectivity index (χ4v) is 1.14. The summed E-state index contributed by atoms with van der Waals surface area (Å²) in [5.41, 5.74) is 0. The molecule has 0 aliphatic heterocycles. The molecule has 0 saturated heterocycles. The van der Waals surface area contributed by atoms with Gasteiger partial charge in [0.2, 0.25) is 0 Å². The highest BCUT2D eigenvalue weighted by atomic mass is 16.5. The first-order valence-electron chi connectivity index (χ1n) is 5.00. The summed E-state index contributed by atoms with van der Waals surface area (Å²) in [7, 11) is 0. The van der Waals surface area contributed by atoms with Crippen LogP contribution in [0.4, 0.5) is 0 Å². The van der Waals surface area contributed by atoms with Crippen molar-refractivity contribution < 1.29 is 19.4 Å². The highest BCUT2D eigenvalue weighted by Gasteiger charge is 2.06. The predicted octanol–water partition coefficient (Wildman–Crippen LogP) is 0.240. The molecule has 0 aromatic carbocycles. The number of nitriles is 1. The molecule has 0 radical (unpaired) electrons. The molecule has 16 heavy (non-hydrogen) atoms. The van der Waals surface area contributed by atoms with Crippen LogP contribution in [0.2, 0.25) is 0 Å². The first kappa shape index (κ1) is 14.4. The number of esters is 1. The molecule has 6 nitrogen and oxygen atoms in total. The van der Waals surface area contributed by atoms with E-state index in [9.17, 15) is 9.59 Å². The van der Waals surface area contributed by atoms with Gasteiger partial charge in [-0.3, -0.25) is 14.5 Å². The van der Waals surface area contributed by atoms with Crippen LogP contribution in [0.15, 0.2) is 0 Å². The second-order valence-electron chi connectivity index (χ2n) is 3.27. The van der Waals surface area contributed by atoms with Crippen LogP contribution in [0.5, 0.6) is 0 Å². The van der Waals surface area contributed by atoms with Gasteiger partial charge in [0.25, 0.3) is 0 Å². The first-order valence-corrected chi connectivity index (χ1v) is 5.00. The normalized spacial score (nSPS) is 9.81. The lowest BCUT2D eigenvalue weighted by Crippen LogP contribution is -2.30. The Morgan fingerprint density at radius 2 is 2.12 bits per heavy atom. The van der Waals surface area contributed by atoms with Crippen molar-refractivity contribution in [1.29, 1.82) is 5.26 Å². The molecular weight excluding hydrogens is 212 g/mol. The van der Waals surface area contributed by atoms with Crippen molar-refractivity contribution in [2.75, 3.05) is 26.2 Å². The molecule has 90 valence electrons. The fraction of sp³-hybridized carbons (Fsp3) is 0.700. The Labute approximate surface area is 94.4 Å². The van der Waals surface area contributed by atoms with Crippen LogP contribution < -0.4 is 0 Å². The van der Waals surface area contributed by atoms with Crippen molar-refractivity contribution >= 4 is 11.9 Å². The number of hydrogen-bond acceptors (Lipinski definition) is 5. The van der Waals surface area contributed by atoms with E-state index in [0.717, 1.165) is 0 Å². The minimum Gasteiger partial charge on any atom is -0.481 e. The van der Waals surface area contributed by atoms with E-state index in [2.05, 4.69) is 0 Å². The zero-order valence-electron chi connectivity index (χ0n) is 9.31. The minimum atomic E-state index is -0.850. The standard InChI is InChI=1S/C10H16N2O4/c1-9(13)16-8-7-12(6-4-11)5-2-3-10(14)15/h2-3,5-8H2,1H3,(H,14,15). The van der Waals surface area contributed by atoms with Crippen LogP contribution in [-0.4, -0.2) is 48.2 Å². The maximum absolute atomic E-state index is 10.5. The molecule has 0 heterocycles. The van der Waals surface area contributed by atoms with Gasteiger partial charge < -0.3 is 9.84 Å². The predicted molar refractivity (Wildman–Crippen MR) is 55.6 cm³/mol. The van der Waals surface area contributed by atoms with Crippen molar-refractivity contribution in [3.05, 3.63) is 0 Å². The highest BCUT2D eigenvalue weighted by molar-refractivity contribution is 5.66. The number of rotatable bonds is 8. The van der Waals surface area contributed by atoms with Crippen molar-refractivity contribution in [2.45, 2.75) is 19.8 Å². The third-order valence-electron chi connectivity index (χ3n) is 1.87. The highest BCUT2D eigenvalue weighted by Crippen LogP contribution is 1.95. The van der Waals surface area contributed by atoms with E-state index in [0.29, 0.717) is 19.5 Å². The van der Waals surface area contributed by atoms with Crippen molar-refractivity contribution in [3.63, 3.8) is 0 Å². The Balaban J connectivity index is 3.75. The molecule has 0 aliphatic carbocycles. The van der Waals surface area contributed by atoms with Gasteiger partial charge in [0.15, 0.2) is 0 Å². The molecule has 0 saturated carbocycles. The van der Waals surface area contributed by atoms with Crippen LogP contribution in [0.3, 0.4) is 0 Å². The Kier molecular flexibility index (Phi) is 7.81. The summed E-state index contributed by atoms with van der Waals surface area (Å²) in [4.78, 5) is 22.5. The molecule has 0 unspecified atom stereocenters. The molecule has 0 atom stereocenters. The van der Waals surface area contributed by atoms with Crippen LogP contribution >= 0.6 is 0 Å². The molecule has 0 rings (SSSR count). The van der Waals surface area contributed by atoms with Gasteiger partial charge in [0.05, 0.1) is 12.6 Å². The fourth-order valence-electron chi connectivity index (χ4n) is 1.14. The maximum atomic E-state index is 10.5. The summed E-state index contributed by atoms with van der Waals surface area (Å²) >= 11 is 0. The topological polar surface area (TPSA) is 90.6 Å². The Morgan fingerprint density at radius 1 is 1.44 bits per heavy atom. The monoisotopic (exact) mass is 228 g/mol. The summed E-state index contributed by atoms with van der Waals surface area (Å²) in [6.45, 7) is 2.72. The molecule has 0 amide bonds.